The molecule has 0 aliphatic heterocycles. The fourth-order valence-electron chi connectivity index (χ4n) is 2.24. The van der Waals surface area contributed by atoms with Crippen molar-refractivity contribution < 1.29 is 4.74 Å². The quantitative estimate of drug-likeness (QED) is 0.888. The molecule has 0 atom stereocenters. The monoisotopic (exact) mass is 304 g/mol. The molecule has 0 spiro atoms. The molecule has 0 aliphatic rings. The molecule has 4 heteroatoms. The van der Waals surface area contributed by atoms with Crippen LogP contribution in [0.5, 0.6) is 5.75 Å². The molecule has 2 aromatic carbocycles. The minimum absolute atomic E-state index is 0.516. The van der Waals surface area contributed by atoms with Gasteiger partial charge in [-0.1, -0.05) is 35.9 Å². The van der Waals surface area contributed by atoms with Crippen molar-refractivity contribution in [2.24, 2.45) is 5.73 Å². The highest BCUT2D eigenvalue weighted by Gasteiger charge is 2.06. The van der Waals surface area contributed by atoms with Crippen molar-refractivity contribution >= 4 is 11.6 Å². The number of hydrogen-bond donors (Lipinski definition) is 1. The topological polar surface area (TPSA) is 38.5 Å². The van der Waals surface area contributed by atoms with E-state index < -0.39 is 0 Å². The van der Waals surface area contributed by atoms with Crippen LogP contribution in [0.1, 0.15) is 16.7 Å². The third-order valence-corrected chi connectivity index (χ3v) is 3.76. The lowest BCUT2D eigenvalue weighted by atomic mass is 10.1. The van der Waals surface area contributed by atoms with E-state index in [1.54, 1.807) is 7.11 Å². The summed E-state index contributed by atoms with van der Waals surface area (Å²) < 4.78 is 5.17. The van der Waals surface area contributed by atoms with Crippen molar-refractivity contribution in [1.82, 2.24) is 4.90 Å². The van der Waals surface area contributed by atoms with Gasteiger partial charge in [0.05, 0.1) is 7.11 Å². The van der Waals surface area contributed by atoms with Crippen LogP contribution in [-0.4, -0.2) is 19.1 Å². The summed E-state index contributed by atoms with van der Waals surface area (Å²) in [7, 11) is 3.76. The van der Waals surface area contributed by atoms with Gasteiger partial charge in [0.25, 0.3) is 0 Å². The molecule has 0 fully saturated rings. The van der Waals surface area contributed by atoms with Gasteiger partial charge in [-0.05, 0) is 41.9 Å². The zero-order chi connectivity index (χ0) is 15.2. The van der Waals surface area contributed by atoms with Gasteiger partial charge in [0.15, 0.2) is 0 Å². The first-order chi connectivity index (χ1) is 10.1. The summed E-state index contributed by atoms with van der Waals surface area (Å²) >= 11 is 6.30. The number of nitrogens with zero attached hydrogens (tertiary/aromatic N) is 1. The molecule has 3 nitrogen and oxygen atoms in total. The minimum atomic E-state index is 0.516. The van der Waals surface area contributed by atoms with Crippen molar-refractivity contribution in [3.63, 3.8) is 0 Å². The Labute approximate surface area is 131 Å². The fourth-order valence-corrected chi connectivity index (χ4v) is 2.50. The van der Waals surface area contributed by atoms with Gasteiger partial charge in [-0.2, -0.15) is 0 Å². The van der Waals surface area contributed by atoms with Gasteiger partial charge >= 0.3 is 0 Å². The van der Waals surface area contributed by atoms with Gasteiger partial charge in [-0.25, -0.2) is 0 Å². The molecule has 0 saturated heterocycles. The standard InChI is InChI=1S/C17H21ClN2O/c1-20(11-13-4-7-16(21-2)8-5-13)12-15-6-3-14(10-19)9-17(15)18/h3-9H,10-12,19H2,1-2H3. The first kappa shape index (κ1) is 15.8. The van der Waals surface area contributed by atoms with Gasteiger partial charge in [-0.15, -0.1) is 0 Å². The SMILES string of the molecule is COc1ccc(CN(C)Cc2ccc(CN)cc2Cl)cc1. The largest absolute Gasteiger partial charge is 0.497 e. The van der Waals surface area contributed by atoms with Crippen LogP contribution in [0.4, 0.5) is 0 Å². The average molecular weight is 305 g/mol. The maximum atomic E-state index is 6.30. The second kappa shape index (κ2) is 7.46. The maximum Gasteiger partial charge on any atom is 0.118 e. The molecular weight excluding hydrogens is 284 g/mol. The highest BCUT2D eigenvalue weighted by molar-refractivity contribution is 6.31. The number of halogens is 1. The molecule has 21 heavy (non-hydrogen) atoms. The lowest BCUT2D eigenvalue weighted by molar-refractivity contribution is 0.319. The highest BCUT2D eigenvalue weighted by atomic mass is 35.5. The van der Waals surface area contributed by atoms with Gasteiger partial charge in [-0.3, -0.25) is 4.90 Å². The van der Waals surface area contributed by atoms with E-state index >= 15 is 0 Å². The van der Waals surface area contributed by atoms with E-state index in [0.29, 0.717) is 6.54 Å². The van der Waals surface area contributed by atoms with Gasteiger partial charge in [0.1, 0.15) is 5.75 Å². The van der Waals surface area contributed by atoms with Crippen LogP contribution in [-0.2, 0) is 19.6 Å². The Bertz CT molecular complexity index is 584. The maximum absolute atomic E-state index is 6.30. The van der Waals surface area contributed by atoms with Gasteiger partial charge in [0.2, 0.25) is 0 Å². The lowest BCUT2D eigenvalue weighted by Gasteiger charge is -2.18. The second-order valence-corrected chi connectivity index (χ2v) is 5.56. The third-order valence-electron chi connectivity index (χ3n) is 3.40. The molecule has 0 amide bonds. The first-order valence-corrected chi connectivity index (χ1v) is 7.29. The summed E-state index contributed by atoms with van der Waals surface area (Å²) in [5.74, 6) is 0.877. The molecule has 2 rings (SSSR count). The number of benzene rings is 2. The van der Waals surface area contributed by atoms with Gasteiger partial charge < -0.3 is 10.5 Å². The van der Waals surface area contributed by atoms with Crippen LogP contribution in [0.3, 0.4) is 0 Å². The summed E-state index contributed by atoms with van der Waals surface area (Å²) in [6.07, 6.45) is 0. The Morgan fingerprint density at radius 2 is 1.71 bits per heavy atom. The normalized spacial score (nSPS) is 10.9. The van der Waals surface area contributed by atoms with Crippen molar-refractivity contribution in [2.45, 2.75) is 19.6 Å². The molecule has 0 unspecified atom stereocenters. The lowest BCUT2D eigenvalue weighted by Crippen LogP contribution is -2.17. The molecular formula is C17H21ClN2O. The minimum Gasteiger partial charge on any atom is -0.497 e. The Balaban J connectivity index is 1.98. The average Bonchev–Trinajstić information content (AvgIpc) is 2.50. The molecule has 0 heterocycles. The van der Waals surface area contributed by atoms with Crippen molar-refractivity contribution in [3.8, 4) is 5.75 Å². The summed E-state index contributed by atoms with van der Waals surface area (Å²) in [4.78, 5) is 2.23. The van der Waals surface area contributed by atoms with E-state index in [1.807, 2.05) is 24.3 Å². The zero-order valence-electron chi connectivity index (χ0n) is 12.5. The molecule has 0 aliphatic carbocycles. The number of hydrogen-bond acceptors (Lipinski definition) is 3. The van der Waals surface area contributed by atoms with Crippen LogP contribution in [0.2, 0.25) is 5.02 Å². The number of ether oxygens (including phenoxy) is 1. The molecule has 2 N–H and O–H groups in total. The highest BCUT2D eigenvalue weighted by Crippen LogP contribution is 2.20. The zero-order valence-corrected chi connectivity index (χ0v) is 13.2. The van der Waals surface area contributed by atoms with Gasteiger partial charge in [0, 0.05) is 24.7 Å². The summed E-state index contributed by atoms with van der Waals surface area (Å²) in [5, 5.41) is 0.777. The van der Waals surface area contributed by atoms with Crippen LogP contribution in [0.25, 0.3) is 0 Å². The van der Waals surface area contributed by atoms with Crippen molar-refractivity contribution in [3.05, 3.63) is 64.2 Å². The summed E-state index contributed by atoms with van der Waals surface area (Å²) in [6, 6.07) is 14.1. The molecule has 112 valence electrons. The Morgan fingerprint density at radius 1 is 1.05 bits per heavy atom. The molecule has 0 saturated carbocycles. The Morgan fingerprint density at radius 3 is 2.29 bits per heavy atom. The van der Waals surface area contributed by atoms with Crippen LogP contribution < -0.4 is 10.5 Å². The summed E-state index contributed by atoms with van der Waals surface area (Å²) in [6.45, 7) is 2.18. The molecule has 0 aromatic heterocycles. The van der Waals surface area contributed by atoms with E-state index in [-0.39, 0.29) is 0 Å². The Hall–Kier alpha value is -1.55. The number of nitrogens with two attached hydrogens (primary N) is 1. The predicted octanol–water partition coefficient (Wildman–Crippen LogP) is 3.44. The molecule has 2 aromatic rings. The van der Waals surface area contributed by atoms with E-state index in [4.69, 9.17) is 22.1 Å². The van der Waals surface area contributed by atoms with E-state index in [1.165, 1.54) is 5.56 Å². The second-order valence-electron chi connectivity index (χ2n) is 5.15. The van der Waals surface area contributed by atoms with Crippen molar-refractivity contribution in [1.29, 1.82) is 0 Å². The fraction of sp³-hybridized carbons (Fsp3) is 0.294. The van der Waals surface area contributed by atoms with Crippen molar-refractivity contribution in [2.75, 3.05) is 14.2 Å². The predicted molar refractivity (Wildman–Crippen MR) is 87.5 cm³/mol. The van der Waals surface area contributed by atoms with Crippen LogP contribution in [0, 0.1) is 0 Å². The summed E-state index contributed by atoms with van der Waals surface area (Å²) in [5.41, 5.74) is 9.03. The molecule has 0 radical (unpaired) electrons. The third kappa shape index (κ3) is 4.46. The first-order valence-electron chi connectivity index (χ1n) is 6.91. The smallest absolute Gasteiger partial charge is 0.118 e. The van der Waals surface area contributed by atoms with E-state index in [9.17, 15) is 0 Å². The molecule has 0 bridgehead atoms. The van der Waals surface area contributed by atoms with Crippen LogP contribution >= 0.6 is 11.6 Å². The van der Waals surface area contributed by atoms with E-state index in [0.717, 1.165) is 35.0 Å². The van der Waals surface area contributed by atoms with Crippen LogP contribution in [0.15, 0.2) is 42.5 Å². The number of methoxy groups -OCH3 is 1. The van der Waals surface area contributed by atoms with E-state index in [2.05, 4.69) is 30.1 Å². The number of rotatable bonds is 6. The Kier molecular flexibility index (Phi) is 5.62.